The zero-order chi connectivity index (χ0) is 15.4. The molecule has 2 saturated carbocycles. The Kier molecular flexibility index (Phi) is 4.97. The third-order valence-corrected chi connectivity index (χ3v) is 5.07. The topological polar surface area (TPSA) is 20.3 Å². The highest BCUT2D eigenvalue weighted by Crippen LogP contribution is 2.36. The molecule has 0 aliphatic heterocycles. The molecule has 0 unspecified atom stereocenters. The molecule has 0 radical (unpaired) electrons. The quantitative estimate of drug-likeness (QED) is 0.721. The Morgan fingerprint density at radius 2 is 1.77 bits per heavy atom. The van der Waals surface area contributed by atoms with E-state index in [-0.39, 0.29) is 5.91 Å². The van der Waals surface area contributed by atoms with Gasteiger partial charge in [-0.1, -0.05) is 55.2 Å². The molecule has 1 aromatic rings. The maximum atomic E-state index is 12.8. The molecule has 0 bridgehead atoms. The Labute approximate surface area is 134 Å². The van der Waals surface area contributed by atoms with Crippen molar-refractivity contribution in [1.29, 1.82) is 0 Å². The van der Waals surface area contributed by atoms with Crippen molar-refractivity contribution >= 4 is 5.91 Å². The van der Waals surface area contributed by atoms with Gasteiger partial charge in [0, 0.05) is 18.7 Å². The van der Waals surface area contributed by atoms with Crippen molar-refractivity contribution in [3.63, 3.8) is 0 Å². The zero-order valence-electron chi connectivity index (χ0n) is 13.6. The van der Waals surface area contributed by atoms with Gasteiger partial charge in [0.25, 0.3) is 0 Å². The Morgan fingerprint density at radius 3 is 2.41 bits per heavy atom. The third kappa shape index (κ3) is 4.00. The van der Waals surface area contributed by atoms with Crippen LogP contribution in [0.1, 0.15) is 57.4 Å². The fourth-order valence-corrected chi connectivity index (χ4v) is 3.49. The molecule has 2 fully saturated rings. The molecule has 118 valence electrons. The number of allylic oxidation sites excluding steroid dienone is 1. The summed E-state index contributed by atoms with van der Waals surface area (Å²) in [5.74, 6) is 0.897. The molecule has 1 amide bonds. The van der Waals surface area contributed by atoms with Crippen molar-refractivity contribution in [1.82, 2.24) is 4.90 Å². The summed E-state index contributed by atoms with van der Waals surface area (Å²) < 4.78 is 0. The van der Waals surface area contributed by atoms with Crippen LogP contribution in [0.3, 0.4) is 0 Å². The van der Waals surface area contributed by atoms with Gasteiger partial charge in [0.2, 0.25) is 5.91 Å². The number of carbonyl (C=O) groups is 1. The molecule has 0 saturated heterocycles. The van der Waals surface area contributed by atoms with Crippen LogP contribution in [0.15, 0.2) is 42.0 Å². The Bertz CT molecular complexity index is 524. The van der Waals surface area contributed by atoms with E-state index in [4.69, 9.17) is 0 Å². The van der Waals surface area contributed by atoms with Crippen molar-refractivity contribution in [3.8, 4) is 0 Å². The SMILES string of the molecule is C/C(=C/C(=O)N(Cc1ccccc1)C1CCCCC1)C1CC1. The van der Waals surface area contributed by atoms with Crippen LogP contribution < -0.4 is 0 Å². The fraction of sp³-hybridized carbons (Fsp3) is 0.550. The lowest BCUT2D eigenvalue weighted by Gasteiger charge is -2.34. The van der Waals surface area contributed by atoms with Gasteiger partial charge >= 0.3 is 0 Å². The average molecular weight is 297 g/mol. The predicted octanol–water partition coefficient (Wildman–Crippen LogP) is 4.70. The summed E-state index contributed by atoms with van der Waals surface area (Å²) in [6, 6.07) is 10.8. The first-order valence-electron chi connectivity index (χ1n) is 8.77. The lowest BCUT2D eigenvalue weighted by Crippen LogP contribution is -2.40. The first-order chi connectivity index (χ1) is 10.7. The van der Waals surface area contributed by atoms with Crippen LogP contribution in [0.5, 0.6) is 0 Å². The van der Waals surface area contributed by atoms with Crippen LogP contribution in [0, 0.1) is 5.92 Å². The molecular weight excluding hydrogens is 270 g/mol. The molecule has 2 aliphatic rings. The summed E-state index contributed by atoms with van der Waals surface area (Å²) in [6.45, 7) is 2.87. The molecular formula is C20H27NO. The maximum absolute atomic E-state index is 12.8. The highest BCUT2D eigenvalue weighted by molar-refractivity contribution is 5.88. The number of rotatable bonds is 5. The highest BCUT2D eigenvalue weighted by atomic mass is 16.2. The fourth-order valence-electron chi connectivity index (χ4n) is 3.49. The van der Waals surface area contributed by atoms with E-state index >= 15 is 0 Å². The van der Waals surface area contributed by atoms with Crippen LogP contribution in [-0.4, -0.2) is 16.8 Å². The summed E-state index contributed by atoms with van der Waals surface area (Å²) in [5, 5.41) is 0. The summed E-state index contributed by atoms with van der Waals surface area (Å²) in [7, 11) is 0. The number of carbonyl (C=O) groups excluding carboxylic acids is 1. The molecule has 22 heavy (non-hydrogen) atoms. The molecule has 0 atom stereocenters. The van der Waals surface area contributed by atoms with E-state index in [9.17, 15) is 4.79 Å². The molecule has 0 aromatic heterocycles. The molecule has 2 heteroatoms. The van der Waals surface area contributed by atoms with E-state index in [1.165, 1.54) is 43.2 Å². The van der Waals surface area contributed by atoms with E-state index in [1.54, 1.807) is 0 Å². The van der Waals surface area contributed by atoms with Gasteiger partial charge in [-0.25, -0.2) is 0 Å². The lowest BCUT2D eigenvalue weighted by molar-refractivity contribution is -0.129. The van der Waals surface area contributed by atoms with Gasteiger partial charge in [-0.05, 0) is 44.1 Å². The van der Waals surface area contributed by atoms with Crippen LogP contribution in [-0.2, 0) is 11.3 Å². The Morgan fingerprint density at radius 1 is 1.09 bits per heavy atom. The number of benzene rings is 1. The van der Waals surface area contributed by atoms with Gasteiger partial charge < -0.3 is 4.90 Å². The predicted molar refractivity (Wildman–Crippen MR) is 90.3 cm³/mol. The molecule has 2 nitrogen and oxygen atoms in total. The number of nitrogens with zero attached hydrogens (tertiary/aromatic N) is 1. The van der Waals surface area contributed by atoms with Crippen LogP contribution >= 0.6 is 0 Å². The summed E-state index contributed by atoms with van der Waals surface area (Å²) in [6.07, 6.45) is 10.6. The number of hydrogen-bond acceptors (Lipinski definition) is 1. The van der Waals surface area contributed by atoms with E-state index in [0.717, 1.165) is 19.4 Å². The second-order valence-electron chi connectivity index (χ2n) is 6.91. The zero-order valence-corrected chi connectivity index (χ0v) is 13.6. The number of amides is 1. The van der Waals surface area contributed by atoms with E-state index in [1.807, 2.05) is 12.1 Å². The molecule has 1 aromatic carbocycles. The van der Waals surface area contributed by atoms with Gasteiger partial charge in [-0.15, -0.1) is 0 Å². The largest absolute Gasteiger partial charge is 0.332 e. The summed E-state index contributed by atoms with van der Waals surface area (Å²) >= 11 is 0. The normalized spacial score (nSPS) is 20.0. The Balaban J connectivity index is 1.75. The first-order valence-corrected chi connectivity index (χ1v) is 8.77. The second-order valence-corrected chi connectivity index (χ2v) is 6.91. The minimum atomic E-state index is 0.222. The van der Waals surface area contributed by atoms with Crippen molar-refractivity contribution < 1.29 is 4.79 Å². The number of hydrogen-bond donors (Lipinski definition) is 0. The van der Waals surface area contributed by atoms with Crippen LogP contribution in [0.4, 0.5) is 0 Å². The minimum Gasteiger partial charge on any atom is -0.332 e. The monoisotopic (exact) mass is 297 g/mol. The van der Waals surface area contributed by atoms with Gasteiger partial charge in [0.05, 0.1) is 0 Å². The van der Waals surface area contributed by atoms with E-state index < -0.39 is 0 Å². The first kappa shape index (κ1) is 15.3. The second kappa shape index (κ2) is 7.13. The van der Waals surface area contributed by atoms with Crippen LogP contribution in [0.25, 0.3) is 0 Å². The Hall–Kier alpha value is -1.57. The summed E-state index contributed by atoms with van der Waals surface area (Å²) in [4.78, 5) is 15.0. The smallest absolute Gasteiger partial charge is 0.247 e. The maximum Gasteiger partial charge on any atom is 0.247 e. The van der Waals surface area contributed by atoms with Crippen LogP contribution in [0.2, 0.25) is 0 Å². The highest BCUT2D eigenvalue weighted by Gasteiger charge is 2.27. The minimum absolute atomic E-state index is 0.222. The van der Waals surface area contributed by atoms with Crippen molar-refractivity contribution in [2.45, 2.75) is 64.5 Å². The summed E-state index contributed by atoms with van der Waals surface area (Å²) in [5.41, 5.74) is 2.51. The van der Waals surface area contributed by atoms with Gasteiger partial charge in [-0.3, -0.25) is 4.79 Å². The molecule has 3 rings (SSSR count). The van der Waals surface area contributed by atoms with Crippen molar-refractivity contribution in [3.05, 3.63) is 47.5 Å². The van der Waals surface area contributed by atoms with E-state index in [0.29, 0.717) is 12.0 Å². The van der Waals surface area contributed by atoms with Crippen molar-refractivity contribution in [2.75, 3.05) is 0 Å². The lowest BCUT2D eigenvalue weighted by atomic mass is 9.93. The standard InChI is InChI=1S/C20H27NO/c1-16(18-12-13-18)14-20(22)21(19-10-6-3-7-11-19)15-17-8-4-2-5-9-17/h2,4-5,8-9,14,18-19H,3,6-7,10-13,15H2,1H3/b16-14-. The van der Waals surface area contributed by atoms with Gasteiger partial charge in [-0.2, -0.15) is 0 Å². The van der Waals surface area contributed by atoms with Gasteiger partial charge in [0.15, 0.2) is 0 Å². The molecule has 0 heterocycles. The molecule has 2 aliphatic carbocycles. The molecule has 0 spiro atoms. The average Bonchev–Trinajstić information content (AvgIpc) is 3.39. The third-order valence-electron chi connectivity index (χ3n) is 5.07. The molecule has 0 N–H and O–H groups in total. The van der Waals surface area contributed by atoms with E-state index in [2.05, 4.69) is 36.1 Å². The van der Waals surface area contributed by atoms with Crippen molar-refractivity contribution in [2.24, 2.45) is 5.92 Å². The van der Waals surface area contributed by atoms with Gasteiger partial charge in [0.1, 0.15) is 0 Å².